The normalized spacial score (nSPS) is 15.1. The van der Waals surface area contributed by atoms with E-state index in [-0.39, 0.29) is 6.61 Å². The zero-order valence-electron chi connectivity index (χ0n) is 10.5. The van der Waals surface area contributed by atoms with Gasteiger partial charge in [0.25, 0.3) is 0 Å². The van der Waals surface area contributed by atoms with E-state index in [1.54, 1.807) is 0 Å². The Kier molecular flexibility index (Phi) is 5.18. The second-order valence-electron chi connectivity index (χ2n) is 5.48. The van der Waals surface area contributed by atoms with E-state index in [1.165, 1.54) is 0 Å². The molecule has 0 fully saturated rings. The van der Waals surface area contributed by atoms with Crippen LogP contribution in [-0.2, 0) is 13.6 Å². The Bertz CT molecular complexity index is 217. The van der Waals surface area contributed by atoms with Crippen molar-refractivity contribution in [2.24, 2.45) is 0 Å². The highest BCUT2D eigenvalue weighted by molar-refractivity contribution is 6.70. The van der Waals surface area contributed by atoms with Crippen molar-refractivity contribution in [2.45, 2.75) is 45.4 Å². The molecule has 0 aliphatic rings. The highest BCUT2D eigenvalue weighted by atomic mass is 28.4. The molecule has 1 N–H and O–H groups in total. The van der Waals surface area contributed by atoms with E-state index in [0.717, 1.165) is 0 Å². The summed E-state index contributed by atoms with van der Waals surface area (Å²) in [5, 5.41) is 8.97. The van der Waals surface area contributed by atoms with Crippen LogP contribution in [0.1, 0.15) is 0 Å². The van der Waals surface area contributed by atoms with Crippen LogP contribution < -0.4 is 0 Å². The monoisotopic (exact) mass is 250 g/mol. The maximum Gasteiger partial charge on any atom is 0.333 e. The number of carboxylic acids is 1. The summed E-state index contributed by atoms with van der Waals surface area (Å²) in [6.45, 7) is 12.2. The molecule has 4 nitrogen and oxygen atoms in total. The smallest absolute Gasteiger partial charge is 0.333 e. The van der Waals surface area contributed by atoms with E-state index >= 15 is 0 Å². The molecule has 0 aromatic heterocycles. The van der Waals surface area contributed by atoms with Crippen molar-refractivity contribution in [3.63, 3.8) is 0 Å². The number of rotatable bonds is 6. The van der Waals surface area contributed by atoms with Gasteiger partial charge in [-0.1, -0.05) is 0 Å². The number of carboxylic acid groups (broad SMARTS) is 1. The van der Waals surface area contributed by atoms with E-state index in [0.29, 0.717) is 0 Å². The van der Waals surface area contributed by atoms with Gasteiger partial charge in [-0.15, -0.1) is 0 Å². The highest BCUT2D eigenvalue weighted by Crippen LogP contribution is 2.11. The molecule has 0 aliphatic heterocycles. The van der Waals surface area contributed by atoms with Crippen LogP contribution in [0.2, 0.25) is 39.3 Å². The van der Waals surface area contributed by atoms with Crippen LogP contribution in [0.3, 0.4) is 0 Å². The average Bonchev–Trinajstić information content (AvgIpc) is 1.93. The second kappa shape index (κ2) is 5.24. The Morgan fingerprint density at radius 3 is 1.87 bits per heavy atom. The molecule has 90 valence electrons. The van der Waals surface area contributed by atoms with E-state index in [4.69, 9.17) is 14.0 Å². The molecular weight excluding hydrogens is 228 g/mol. The lowest BCUT2D eigenvalue weighted by Crippen LogP contribution is -2.42. The lowest BCUT2D eigenvalue weighted by Gasteiger charge is -2.26. The van der Waals surface area contributed by atoms with Gasteiger partial charge in [-0.25, -0.2) is 4.79 Å². The summed E-state index contributed by atoms with van der Waals surface area (Å²) in [4.78, 5) is 10.9. The van der Waals surface area contributed by atoms with Crippen molar-refractivity contribution < 1.29 is 18.8 Å². The Hall–Kier alpha value is -0.176. The molecule has 15 heavy (non-hydrogen) atoms. The second-order valence-corrected chi connectivity index (χ2v) is 14.5. The van der Waals surface area contributed by atoms with E-state index in [9.17, 15) is 4.79 Å². The highest BCUT2D eigenvalue weighted by Gasteiger charge is 2.28. The van der Waals surface area contributed by atoms with Crippen molar-refractivity contribution in [1.29, 1.82) is 0 Å². The van der Waals surface area contributed by atoms with Crippen molar-refractivity contribution in [1.82, 2.24) is 0 Å². The summed E-state index contributed by atoms with van der Waals surface area (Å²) in [5.74, 6) is -0.935. The molecule has 0 aromatic carbocycles. The van der Waals surface area contributed by atoms with Crippen molar-refractivity contribution in [3.8, 4) is 0 Å². The van der Waals surface area contributed by atoms with Gasteiger partial charge in [0.05, 0.1) is 6.61 Å². The Morgan fingerprint density at radius 1 is 1.13 bits per heavy atom. The summed E-state index contributed by atoms with van der Waals surface area (Å²) in [6, 6.07) is 0. The fraction of sp³-hybridized carbons (Fsp3) is 0.889. The summed E-state index contributed by atoms with van der Waals surface area (Å²) >= 11 is 0. The first kappa shape index (κ1) is 14.8. The average molecular weight is 250 g/mol. The molecular formula is C9H22O4Si2. The van der Waals surface area contributed by atoms with Crippen LogP contribution in [0.25, 0.3) is 0 Å². The van der Waals surface area contributed by atoms with Gasteiger partial charge in [0.1, 0.15) is 0 Å². The molecule has 0 bridgehead atoms. The van der Waals surface area contributed by atoms with Crippen LogP contribution >= 0.6 is 0 Å². The molecule has 1 unspecified atom stereocenters. The number of carbonyl (C=O) groups is 1. The van der Waals surface area contributed by atoms with Crippen molar-refractivity contribution in [3.05, 3.63) is 0 Å². The van der Waals surface area contributed by atoms with E-state index in [1.807, 2.05) is 39.3 Å². The summed E-state index contributed by atoms with van der Waals surface area (Å²) < 4.78 is 11.1. The molecule has 1 atom stereocenters. The van der Waals surface area contributed by atoms with E-state index in [2.05, 4.69) is 0 Å². The molecule has 0 saturated heterocycles. The summed E-state index contributed by atoms with van der Waals surface area (Å²) in [5.41, 5.74) is 0. The van der Waals surface area contributed by atoms with Crippen molar-refractivity contribution >= 4 is 22.6 Å². The first-order chi connectivity index (χ1) is 6.51. The molecule has 6 heteroatoms. The molecule has 0 radical (unpaired) electrons. The van der Waals surface area contributed by atoms with Gasteiger partial charge in [-0.2, -0.15) is 0 Å². The van der Waals surface area contributed by atoms with Crippen LogP contribution in [0.4, 0.5) is 0 Å². The van der Waals surface area contributed by atoms with Crippen LogP contribution in [-0.4, -0.2) is 40.4 Å². The first-order valence-corrected chi connectivity index (χ1v) is 11.9. The third kappa shape index (κ3) is 8.79. The Balaban J connectivity index is 4.25. The first-order valence-electron chi connectivity index (χ1n) is 5.06. The van der Waals surface area contributed by atoms with Gasteiger partial charge in [0, 0.05) is 0 Å². The Labute approximate surface area is 93.9 Å². The largest absolute Gasteiger partial charge is 0.479 e. The van der Waals surface area contributed by atoms with Gasteiger partial charge < -0.3 is 14.0 Å². The zero-order chi connectivity index (χ0) is 12.3. The van der Waals surface area contributed by atoms with Gasteiger partial charge >= 0.3 is 5.97 Å². The van der Waals surface area contributed by atoms with Gasteiger partial charge in [0.2, 0.25) is 0 Å². The van der Waals surface area contributed by atoms with Crippen molar-refractivity contribution in [2.75, 3.05) is 6.61 Å². The van der Waals surface area contributed by atoms with Crippen LogP contribution in [0.15, 0.2) is 0 Å². The maximum absolute atomic E-state index is 10.9. The quantitative estimate of drug-likeness (QED) is 0.734. The third-order valence-corrected chi connectivity index (χ3v) is 3.46. The molecule has 0 heterocycles. The molecule has 0 saturated carbocycles. The molecule has 0 amide bonds. The van der Waals surface area contributed by atoms with Crippen LogP contribution in [0, 0.1) is 0 Å². The maximum atomic E-state index is 10.9. The minimum absolute atomic E-state index is 0.162. The fourth-order valence-corrected chi connectivity index (χ4v) is 2.58. The standard InChI is InChI=1S/C9H22O4Si2/c1-14(2,3)12-7-8(9(10)11)13-15(4,5)6/h8H,7H2,1-6H3,(H,10,11). The molecule has 0 rings (SSSR count). The minimum Gasteiger partial charge on any atom is -0.479 e. The third-order valence-electron chi connectivity index (χ3n) is 1.44. The van der Waals surface area contributed by atoms with Gasteiger partial charge in [0.15, 0.2) is 22.7 Å². The topological polar surface area (TPSA) is 55.8 Å². The number of aliphatic carboxylic acids is 1. The lowest BCUT2D eigenvalue weighted by molar-refractivity contribution is -0.147. The molecule has 0 spiro atoms. The fourth-order valence-electron chi connectivity index (χ4n) is 0.908. The number of hydrogen-bond donors (Lipinski definition) is 1. The predicted molar refractivity (Wildman–Crippen MR) is 65.2 cm³/mol. The molecule has 0 aromatic rings. The SMILES string of the molecule is C[Si](C)(C)OCC(O[Si](C)(C)C)C(=O)O. The lowest BCUT2D eigenvalue weighted by atomic mass is 10.4. The van der Waals surface area contributed by atoms with E-state index < -0.39 is 28.7 Å². The summed E-state index contributed by atoms with van der Waals surface area (Å²) in [7, 11) is -3.49. The van der Waals surface area contributed by atoms with Gasteiger partial charge in [-0.3, -0.25) is 0 Å². The molecule has 0 aliphatic carbocycles. The number of hydrogen-bond acceptors (Lipinski definition) is 3. The Morgan fingerprint density at radius 2 is 1.60 bits per heavy atom. The summed E-state index contributed by atoms with van der Waals surface area (Å²) in [6.07, 6.45) is -0.816. The predicted octanol–water partition coefficient (Wildman–Crippen LogP) is 2.14. The zero-order valence-corrected chi connectivity index (χ0v) is 12.5. The minimum atomic E-state index is -1.82. The van der Waals surface area contributed by atoms with Crippen LogP contribution in [0.5, 0.6) is 0 Å². The van der Waals surface area contributed by atoms with Gasteiger partial charge in [-0.05, 0) is 39.3 Å².